The van der Waals surface area contributed by atoms with E-state index in [0.29, 0.717) is 17.9 Å². The number of carbonyl (C=O) groups is 1. The average molecular weight is 370 g/mol. The first kappa shape index (κ1) is 18.8. The van der Waals surface area contributed by atoms with Crippen LogP contribution < -0.4 is 4.74 Å². The molecule has 8 nitrogen and oxygen atoms in total. The molecule has 142 valence electrons. The number of benzene rings is 1. The Morgan fingerprint density at radius 3 is 2.48 bits per heavy atom. The quantitative estimate of drug-likeness (QED) is 0.466. The molecular weight excluding hydrogens is 348 g/mol. The Labute approximate surface area is 157 Å². The van der Waals surface area contributed by atoms with E-state index in [0.717, 1.165) is 29.0 Å². The lowest BCUT2D eigenvalue weighted by Gasteiger charge is -2.07. The molecule has 0 N–H and O–H groups in total. The van der Waals surface area contributed by atoms with Crippen molar-refractivity contribution in [1.29, 1.82) is 0 Å². The van der Waals surface area contributed by atoms with Gasteiger partial charge >= 0.3 is 5.97 Å². The number of esters is 1. The number of hydrogen-bond acceptors (Lipinski definition) is 7. The number of methoxy groups -OCH3 is 2. The highest BCUT2D eigenvalue weighted by atomic mass is 16.6. The Morgan fingerprint density at radius 1 is 1.11 bits per heavy atom. The molecule has 0 aliphatic rings. The molecule has 0 unspecified atom stereocenters. The van der Waals surface area contributed by atoms with Crippen LogP contribution in [0.5, 0.6) is 5.75 Å². The van der Waals surface area contributed by atoms with Crippen LogP contribution in [0, 0.1) is 6.92 Å². The van der Waals surface area contributed by atoms with Gasteiger partial charge in [0.2, 0.25) is 0 Å². The van der Waals surface area contributed by atoms with Gasteiger partial charge < -0.3 is 14.2 Å². The number of ether oxygens (including phenoxy) is 3. The van der Waals surface area contributed by atoms with E-state index in [9.17, 15) is 4.79 Å². The second kappa shape index (κ2) is 8.13. The van der Waals surface area contributed by atoms with Crippen molar-refractivity contribution in [3.63, 3.8) is 0 Å². The smallest absolute Gasteiger partial charge is 0.360 e. The van der Waals surface area contributed by atoms with Crippen molar-refractivity contribution in [2.24, 2.45) is 0 Å². The van der Waals surface area contributed by atoms with E-state index in [1.54, 1.807) is 25.7 Å². The van der Waals surface area contributed by atoms with Crippen LogP contribution in [0.4, 0.5) is 0 Å². The Balaban J connectivity index is 2.05. The number of fused-ring (bicyclic) bond motifs is 1. The highest BCUT2D eigenvalue weighted by Gasteiger charge is 2.21. The maximum Gasteiger partial charge on any atom is 0.360 e. The molecule has 2 aromatic heterocycles. The Bertz CT molecular complexity index is 950. The van der Waals surface area contributed by atoms with Gasteiger partial charge in [0.15, 0.2) is 11.3 Å². The summed E-state index contributed by atoms with van der Waals surface area (Å²) in [6.45, 7) is 4.28. The molecule has 0 bridgehead atoms. The van der Waals surface area contributed by atoms with E-state index >= 15 is 0 Å². The van der Waals surface area contributed by atoms with Crippen LogP contribution in [0.2, 0.25) is 0 Å². The van der Waals surface area contributed by atoms with E-state index in [4.69, 9.17) is 14.2 Å². The van der Waals surface area contributed by atoms with Gasteiger partial charge in [-0.2, -0.15) is 5.10 Å². The van der Waals surface area contributed by atoms with Crippen molar-refractivity contribution >= 4 is 11.6 Å². The van der Waals surface area contributed by atoms with Crippen molar-refractivity contribution in [2.75, 3.05) is 27.4 Å². The van der Waals surface area contributed by atoms with Gasteiger partial charge in [0.25, 0.3) is 0 Å². The fraction of sp³-hybridized carbons (Fsp3) is 0.368. The van der Waals surface area contributed by atoms with Crippen LogP contribution in [0.1, 0.15) is 28.8 Å². The zero-order valence-corrected chi connectivity index (χ0v) is 15.9. The first-order valence-electron chi connectivity index (χ1n) is 8.66. The molecule has 0 atom stereocenters. The van der Waals surface area contributed by atoms with Crippen LogP contribution >= 0.6 is 0 Å². The standard InChI is InChI=1S/C19H22N4O4/c1-5-15-16(13-6-8-14(26-4)9-7-13)18-21-20-17(12(2)23(18)22-15)19(24)27-11-10-25-3/h6-9H,5,10-11H2,1-4H3. The highest BCUT2D eigenvalue weighted by Crippen LogP contribution is 2.30. The van der Waals surface area contributed by atoms with E-state index in [-0.39, 0.29) is 12.3 Å². The summed E-state index contributed by atoms with van der Waals surface area (Å²) >= 11 is 0. The van der Waals surface area contributed by atoms with Crippen LogP contribution in [0.25, 0.3) is 16.8 Å². The Hall–Kier alpha value is -3.00. The maximum absolute atomic E-state index is 12.3. The lowest BCUT2D eigenvalue weighted by molar-refractivity contribution is 0.0378. The molecule has 0 saturated carbocycles. The SMILES string of the molecule is CCc1nn2c(C)c(C(=O)OCCOC)nnc2c1-c1ccc(OC)cc1. The summed E-state index contributed by atoms with van der Waals surface area (Å²) in [5, 5.41) is 13.0. The summed E-state index contributed by atoms with van der Waals surface area (Å²) in [4.78, 5) is 12.3. The molecule has 8 heteroatoms. The van der Waals surface area contributed by atoms with Crippen molar-refractivity contribution in [3.8, 4) is 16.9 Å². The molecule has 0 spiro atoms. The first-order valence-corrected chi connectivity index (χ1v) is 8.66. The number of carbonyl (C=O) groups excluding carboxylic acids is 1. The molecule has 0 radical (unpaired) electrons. The average Bonchev–Trinajstić information content (AvgIpc) is 3.08. The summed E-state index contributed by atoms with van der Waals surface area (Å²) in [5.74, 6) is 0.232. The van der Waals surface area contributed by atoms with E-state index < -0.39 is 5.97 Å². The normalized spacial score (nSPS) is 11.0. The minimum Gasteiger partial charge on any atom is -0.497 e. The molecule has 1 aromatic carbocycles. The fourth-order valence-corrected chi connectivity index (χ4v) is 2.82. The molecule has 0 amide bonds. The van der Waals surface area contributed by atoms with Gasteiger partial charge in [-0.1, -0.05) is 19.1 Å². The molecule has 0 fully saturated rings. The third-order valence-corrected chi connectivity index (χ3v) is 4.27. The molecular formula is C19H22N4O4. The Morgan fingerprint density at radius 2 is 1.85 bits per heavy atom. The predicted octanol–water partition coefficient (Wildman–Crippen LogP) is 2.47. The highest BCUT2D eigenvalue weighted by molar-refractivity contribution is 5.89. The number of aryl methyl sites for hydroxylation is 2. The van der Waals surface area contributed by atoms with Gasteiger partial charge in [0, 0.05) is 7.11 Å². The van der Waals surface area contributed by atoms with E-state index in [1.807, 2.05) is 31.2 Å². The second-order valence-electron chi connectivity index (χ2n) is 5.90. The van der Waals surface area contributed by atoms with Crippen molar-refractivity contribution in [2.45, 2.75) is 20.3 Å². The predicted molar refractivity (Wildman–Crippen MR) is 99.0 cm³/mol. The van der Waals surface area contributed by atoms with Gasteiger partial charge in [0.05, 0.1) is 30.7 Å². The Kier molecular flexibility index (Phi) is 5.66. The molecule has 3 rings (SSSR count). The summed E-state index contributed by atoms with van der Waals surface area (Å²) in [6.07, 6.45) is 0.720. The molecule has 0 aliphatic carbocycles. The van der Waals surface area contributed by atoms with Crippen molar-refractivity contribution in [3.05, 3.63) is 41.3 Å². The van der Waals surface area contributed by atoms with Crippen LogP contribution in [-0.2, 0) is 15.9 Å². The van der Waals surface area contributed by atoms with Gasteiger partial charge in [0.1, 0.15) is 12.4 Å². The van der Waals surface area contributed by atoms with Gasteiger partial charge in [-0.3, -0.25) is 0 Å². The van der Waals surface area contributed by atoms with Crippen molar-refractivity contribution in [1.82, 2.24) is 19.8 Å². The molecule has 2 heterocycles. The number of nitrogens with zero attached hydrogens (tertiary/aromatic N) is 4. The summed E-state index contributed by atoms with van der Waals surface area (Å²) in [6, 6.07) is 7.69. The number of hydrogen-bond donors (Lipinski definition) is 0. The maximum atomic E-state index is 12.3. The minimum atomic E-state index is -0.543. The zero-order chi connectivity index (χ0) is 19.4. The molecule has 0 saturated heterocycles. The van der Waals surface area contributed by atoms with Gasteiger partial charge in [-0.05, 0) is 31.0 Å². The summed E-state index contributed by atoms with van der Waals surface area (Å²) in [5.41, 5.74) is 4.06. The van der Waals surface area contributed by atoms with Crippen LogP contribution in [-0.4, -0.2) is 53.2 Å². The van der Waals surface area contributed by atoms with Crippen LogP contribution in [0.15, 0.2) is 24.3 Å². The monoisotopic (exact) mass is 370 g/mol. The van der Waals surface area contributed by atoms with Gasteiger partial charge in [-0.15, -0.1) is 10.2 Å². The zero-order valence-electron chi connectivity index (χ0n) is 15.9. The van der Waals surface area contributed by atoms with E-state index in [1.165, 1.54) is 0 Å². The van der Waals surface area contributed by atoms with Crippen LogP contribution in [0.3, 0.4) is 0 Å². The third kappa shape index (κ3) is 3.61. The molecule has 27 heavy (non-hydrogen) atoms. The second-order valence-corrected chi connectivity index (χ2v) is 5.90. The molecule has 3 aromatic rings. The minimum absolute atomic E-state index is 0.144. The summed E-state index contributed by atoms with van der Waals surface area (Å²) < 4.78 is 16.9. The lowest BCUT2D eigenvalue weighted by atomic mass is 10.0. The number of rotatable bonds is 7. The topological polar surface area (TPSA) is 87.8 Å². The number of aromatic nitrogens is 4. The fourth-order valence-electron chi connectivity index (χ4n) is 2.82. The first-order chi connectivity index (χ1) is 13.1. The van der Waals surface area contributed by atoms with E-state index in [2.05, 4.69) is 15.3 Å². The largest absolute Gasteiger partial charge is 0.497 e. The third-order valence-electron chi connectivity index (χ3n) is 4.27. The van der Waals surface area contributed by atoms with Gasteiger partial charge in [-0.25, -0.2) is 9.31 Å². The van der Waals surface area contributed by atoms with Crippen molar-refractivity contribution < 1.29 is 19.0 Å². The molecule has 0 aliphatic heterocycles. The lowest BCUT2D eigenvalue weighted by Crippen LogP contribution is -2.16. The summed E-state index contributed by atoms with van der Waals surface area (Å²) in [7, 11) is 3.17.